The lowest BCUT2D eigenvalue weighted by molar-refractivity contribution is -0.384. The quantitative estimate of drug-likeness (QED) is 0.671. The van der Waals surface area contributed by atoms with E-state index in [1.807, 2.05) is 0 Å². The van der Waals surface area contributed by atoms with Crippen LogP contribution < -0.4 is 5.32 Å². The SMILES string of the molecule is O=C(Nc1ccc(CO)cc1)c1cccc([N+](=O)[O-])c1Cl. The largest absolute Gasteiger partial charge is 0.392 e. The first-order valence-corrected chi connectivity index (χ1v) is 6.34. The molecule has 108 valence electrons. The van der Waals surface area contributed by atoms with E-state index in [2.05, 4.69) is 5.32 Å². The van der Waals surface area contributed by atoms with Gasteiger partial charge in [-0.2, -0.15) is 0 Å². The number of hydrogen-bond acceptors (Lipinski definition) is 4. The maximum Gasteiger partial charge on any atom is 0.288 e. The zero-order chi connectivity index (χ0) is 15.4. The minimum atomic E-state index is -0.644. The molecular weight excluding hydrogens is 296 g/mol. The number of nitrogens with zero attached hydrogens (tertiary/aromatic N) is 1. The first kappa shape index (κ1) is 15.0. The molecule has 0 aliphatic heterocycles. The van der Waals surface area contributed by atoms with E-state index in [0.717, 1.165) is 0 Å². The summed E-state index contributed by atoms with van der Waals surface area (Å²) in [6, 6.07) is 10.6. The van der Waals surface area contributed by atoms with E-state index in [1.165, 1.54) is 18.2 Å². The average molecular weight is 307 g/mol. The highest BCUT2D eigenvalue weighted by Crippen LogP contribution is 2.28. The lowest BCUT2D eigenvalue weighted by Gasteiger charge is -2.07. The molecule has 0 saturated heterocycles. The molecule has 2 rings (SSSR count). The zero-order valence-electron chi connectivity index (χ0n) is 10.7. The topological polar surface area (TPSA) is 92.5 Å². The summed E-state index contributed by atoms with van der Waals surface area (Å²) in [5.41, 5.74) is 0.915. The van der Waals surface area contributed by atoms with Crippen LogP contribution in [0.3, 0.4) is 0 Å². The zero-order valence-corrected chi connectivity index (χ0v) is 11.5. The van der Waals surface area contributed by atoms with Gasteiger partial charge in [0.1, 0.15) is 5.02 Å². The lowest BCUT2D eigenvalue weighted by atomic mass is 10.1. The predicted octanol–water partition coefficient (Wildman–Crippen LogP) is 2.99. The second kappa shape index (κ2) is 6.34. The Bertz CT molecular complexity index is 686. The van der Waals surface area contributed by atoms with Crippen LogP contribution in [0.1, 0.15) is 15.9 Å². The number of aliphatic hydroxyl groups is 1. The van der Waals surface area contributed by atoms with E-state index in [0.29, 0.717) is 11.3 Å². The van der Waals surface area contributed by atoms with Gasteiger partial charge < -0.3 is 10.4 Å². The van der Waals surface area contributed by atoms with Crippen molar-refractivity contribution in [1.82, 2.24) is 0 Å². The van der Waals surface area contributed by atoms with Crippen LogP contribution in [0.25, 0.3) is 0 Å². The molecule has 0 heterocycles. The Morgan fingerprint density at radius 3 is 2.48 bits per heavy atom. The van der Waals surface area contributed by atoms with Gasteiger partial charge >= 0.3 is 0 Å². The molecule has 2 aromatic rings. The number of carbonyl (C=O) groups excluding carboxylic acids is 1. The summed E-state index contributed by atoms with van der Waals surface area (Å²) < 4.78 is 0. The first-order valence-electron chi connectivity index (χ1n) is 5.97. The third kappa shape index (κ3) is 3.36. The number of nitro benzene ring substituents is 1. The minimum absolute atomic E-state index is 0.0251. The Balaban J connectivity index is 2.24. The Hall–Kier alpha value is -2.44. The van der Waals surface area contributed by atoms with E-state index < -0.39 is 10.8 Å². The molecule has 0 fully saturated rings. The third-order valence-electron chi connectivity index (χ3n) is 2.81. The van der Waals surface area contributed by atoms with Crippen LogP contribution in [0.2, 0.25) is 5.02 Å². The maximum absolute atomic E-state index is 12.1. The summed E-state index contributed by atoms with van der Waals surface area (Å²) in [4.78, 5) is 22.2. The Kier molecular flexibility index (Phi) is 4.52. The molecule has 2 aromatic carbocycles. The molecule has 2 N–H and O–H groups in total. The number of aliphatic hydroxyl groups excluding tert-OH is 1. The highest BCUT2D eigenvalue weighted by molar-refractivity contribution is 6.36. The van der Waals surface area contributed by atoms with Crippen molar-refractivity contribution >= 4 is 28.9 Å². The van der Waals surface area contributed by atoms with Gasteiger partial charge in [0.25, 0.3) is 11.6 Å². The molecule has 0 bridgehead atoms. The summed E-state index contributed by atoms with van der Waals surface area (Å²) in [6.07, 6.45) is 0. The van der Waals surface area contributed by atoms with Crippen LogP contribution in [0.5, 0.6) is 0 Å². The number of nitrogens with one attached hydrogen (secondary N) is 1. The van der Waals surface area contributed by atoms with Crippen molar-refractivity contribution in [2.75, 3.05) is 5.32 Å². The number of anilines is 1. The van der Waals surface area contributed by atoms with Gasteiger partial charge in [0.15, 0.2) is 0 Å². The van der Waals surface area contributed by atoms with Gasteiger partial charge in [-0.05, 0) is 23.8 Å². The standard InChI is InChI=1S/C14H11ClN2O4/c15-13-11(2-1-3-12(13)17(20)21)14(19)16-10-6-4-9(8-18)5-7-10/h1-7,18H,8H2,(H,16,19). The number of hydrogen-bond donors (Lipinski definition) is 2. The van der Waals surface area contributed by atoms with Crippen molar-refractivity contribution < 1.29 is 14.8 Å². The average Bonchev–Trinajstić information content (AvgIpc) is 2.47. The summed E-state index contributed by atoms with van der Waals surface area (Å²) in [7, 11) is 0. The van der Waals surface area contributed by atoms with Crippen LogP contribution >= 0.6 is 11.6 Å². The van der Waals surface area contributed by atoms with Gasteiger partial charge in [0, 0.05) is 11.8 Å². The van der Waals surface area contributed by atoms with Crippen LogP contribution in [-0.4, -0.2) is 15.9 Å². The number of nitro groups is 1. The summed E-state index contributed by atoms with van der Waals surface area (Å²) in [5, 5.41) is 22.1. The number of rotatable bonds is 4. The second-order valence-corrected chi connectivity index (χ2v) is 4.58. The van der Waals surface area contributed by atoms with Crippen molar-refractivity contribution in [2.45, 2.75) is 6.61 Å². The van der Waals surface area contributed by atoms with Crippen LogP contribution in [-0.2, 0) is 6.61 Å². The number of amides is 1. The van der Waals surface area contributed by atoms with Gasteiger partial charge in [0.2, 0.25) is 0 Å². The Morgan fingerprint density at radius 1 is 1.24 bits per heavy atom. The van der Waals surface area contributed by atoms with Gasteiger partial charge in [-0.25, -0.2) is 0 Å². The summed E-state index contributed by atoms with van der Waals surface area (Å²) in [5.74, 6) is -0.541. The normalized spacial score (nSPS) is 10.2. The Labute approximate surface area is 125 Å². The second-order valence-electron chi connectivity index (χ2n) is 4.20. The molecule has 0 atom stereocenters. The Morgan fingerprint density at radius 2 is 1.90 bits per heavy atom. The molecule has 6 nitrogen and oxygen atoms in total. The fraction of sp³-hybridized carbons (Fsp3) is 0.0714. The molecule has 0 aliphatic rings. The molecule has 0 aromatic heterocycles. The monoisotopic (exact) mass is 306 g/mol. The fourth-order valence-corrected chi connectivity index (χ4v) is 2.01. The van der Waals surface area contributed by atoms with Crippen molar-refractivity contribution in [3.05, 3.63) is 68.7 Å². The molecule has 0 saturated carbocycles. The van der Waals surface area contributed by atoms with E-state index in [4.69, 9.17) is 16.7 Å². The molecule has 1 amide bonds. The van der Waals surface area contributed by atoms with E-state index in [-0.39, 0.29) is 22.9 Å². The van der Waals surface area contributed by atoms with Gasteiger partial charge in [-0.15, -0.1) is 0 Å². The van der Waals surface area contributed by atoms with Gasteiger partial charge in [-0.3, -0.25) is 14.9 Å². The van der Waals surface area contributed by atoms with Crippen LogP contribution in [0.4, 0.5) is 11.4 Å². The predicted molar refractivity (Wildman–Crippen MR) is 78.4 cm³/mol. The highest BCUT2D eigenvalue weighted by atomic mass is 35.5. The molecular formula is C14H11ClN2O4. The first-order chi connectivity index (χ1) is 10.0. The maximum atomic E-state index is 12.1. The van der Waals surface area contributed by atoms with E-state index in [9.17, 15) is 14.9 Å². The molecule has 0 aliphatic carbocycles. The van der Waals surface area contributed by atoms with Crippen LogP contribution in [0, 0.1) is 10.1 Å². The van der Waals surface area contributed by atoms with Crippen molar-refractivity contribution in [3.8, 4) is 0 Å². The third-order valence-corrected chi connectivity index (χ3v) is 3.21. The molecule has 0 unspecified atom stereocenters. The fourth-order valence-electron chi connectivity index (χ4n) is 1.73. The van der Waals surface area contributed by atoms with Crippen molar-refractivity contribution in [2.24, 2.45) is 0 Å². The highest BCUT2D eigenvalue weighted by Gasteiger charge is 2.19. The summed E-state index contributed by atoms with van der Waals surface area (Å²) >= 11 is 5.88. The van der Waals surface area contributed by atoms with Crippen LogP contribution in [0.15, 0.2) is 42.5 Å². The molecule has 21 heavy (non-hydrogen) atoms. The van der Waals surface area contributed by atoms with Gasteiger partial charge in [-0.1, -0.05) is 29.8 Å². The van der Waals surface area contributed by atoms with E-state index in [1.54, 1.807) is 24.3 Å². The van der Waals surface area contributed by atoms with Gasteiger partial charge in [0.05, 0.1) is 17.1 Å². The van der Waals surface area contributed by atoms with E-state index >= 15 is 0 Å². The number of carbonyl (C=O) groups is 1. The molecule has 0 radical (unpaired) electrons. The van der Waals surface area contributed by atoms with Crippen molar-refractivity contribution in [3.63, 3.8) is 0 Å². The minimum Gasteiger partial charge on any atom is -0.392 e. The number of benzene rings is 2. The number of halogens is 1. The summed E-state index contributed by atoms with van der Waals surface area (Å²) in [6.45, 7) is -0.0923. The smallest absolute Gasteiger partial charge is 0.288 e. The molecule has 0 spiro atoms. The lowest BCUT2D eigenvalue weighted by Crippen LogP contribution is -2.13. The molecule has 7 heteroatoms. The van der Waals surface area contributed by atoms with Crippen molar-refractivity contribution in [1.29, 1.82) is 0 Å².